The van der Waals surface area contributed by atoms with Crippen LogP contribution in [0.4, 0.5) is 0 Å². The standard InChI is InChI=1S/C22H28N4O2/c23-13-8-16-25(17-18-9-2-1-3-10-18)15-7-6-14-24-26-21(27)19-11-4-5-12-20(19)22(26)28/h1-5,9-12,24H,6-8,13-17,23H2. The molecule has 148 valence electrons. The van der Waals surface area contributed by atoms with Crippen LogP contribution in [0.2, 0.25) is 0 Å². The van der Waals surface area contributed by atoms with Crippen molar-refractivity contribution in [3.8, 4) is 0 Å². The van der Waals surface area contributed by atoms with Gasteiger partial charge in [0, 0.05) is 13.1 Å². The molecule has 0 aliphatic carbocycles. The van der Waals surface area contributed by atoms with Gasteiger partial charge in [0.05, 0.1) is 11.1 Å². The minimum atomic E-state index is -0.269. The van der Waals surface area contributed by atoms with Crippen LogP contribution in [0.25, 0.3) is 0 Å². The molecule has 0 unspecified atom stereocenters. The summed E-state index contributed by atoms with van der Waals surface area (Å²) in [6, 6.07) is 17.3. The van der Waals surface area contributed by atoms with Crippen LogP contribution in [0.15, 0.2) is 54.6 Å². The second kappa shape index (κ2) is 10.1. The normalized spacial score (nSPS) is 13.4. The lowest BCUT2D eigenvalue weighted by atomic mass is 10.1. The van der Waals surface area contributed by atoms with Crippen LogP contribution in [0.5, 0.6) is 0 Å². The molecular formula is C22H28N4O2. The summed E-state index contributed by atoms with van der Waals surface area (Å²) in [5, 5.41) is 1.14. The summed E-state index contributed by atoms with van der Waals surface area (Å²) >= 11 is 0. The molecule has 0 fully saturated rings. The Morgan fingerprint density at radius 3 is 2.07 bits per heavy atom. The molecule has 6 heteroatoms. The molecule has 2 aromatic rings. The van der Waals surface area contributed by atoms with E-state index in [0.717, 1.165) is 43.9 Å². The van der Waals surface area contributed by atoms with Crippen molar-refractivity contribution in [2.75, 3.05) is 26.2 Å². The lowest BCUT2D eigenvalue weighted by molar-refractivity contribution is 0.0565. The maximum Gasteiger partial charge on any atom is 0.276 e. The number of hydrogen-bond donors (Lipinski definition) is 2. The molecule has 0 saturated carbocycles. The average Bonchev–Trinajstić information content (AvgIpc) is 2.97. The fourth-order valence-electron chi connectivity index (χ4n) is 3.41. The maximum absolute atomic E-state index is 12.3. The third-order valence-corrected chi connectivity index (χ3v) is 4.89. The second-order valence-electron chi connectivity index (χ2n) is 7.01. The van der Waals surface area contributed by atoms with Gasteiger partial charge in [0.15, 0.2) is 0 Å². The van der Waals surface area contributed by atoms with Gasteiger partial charge in [-0.1, -0.05) is 42.5 Å². The van der Waals surface area contributed by atoms with Gasteiger partial charge < -0.3 is 5.73 Å². The van der Waals surface area contributed by atoms with E-state index in [-0.39, 0.29) is 11.8 Å². The van der Waals surface area contributed by atoms with E-state index in [9.17, 15) is 9.59 Å². The highest BCUT2D eigenvalue weighted by molar-refractivity contribution is 6.20. The number of imide groups is 1. The van der Waals surface area contributed by atoms with Crippen molar-refractivity contribution in [2.24, 2.45) is 5.73 Å². The van der Waals surface area contributed by atoms with Crippen LogP contribution in [-0.4, -0.2) is 47.9 Å². The summed E-state index contributed by atoms with van der Waals surface area (Å²) in [6.45, 7) is 4.11. The molecular weight excluding hydrogens is 352 g/mol. The van der Waals surface area contributed by atoms with Crippen LogP contribution in [0.3, 0.4) is 0 Å². The van der Waals surface area contributed by atoms with Gasteiger partial charge in [0.25, 0.3) is 11.8 Å². The zero-order chi connectivity index (χ0) is 19.8. The highest BCUT2D eigenvalue weighted by Gasteiger charge is 2.34. The van der Waals surface area contributed by atoms with E-state index in [1.165, 1.54) is 5.56 Å². The first kappa shape index (κ1) is 20.2. The molecule has 6 nitrogen and oxygen atoms in total. The lowest BCUT2D eigenvalue weighted by Crippen LogP contribution is -2.43. The number of unbranched alkanes of at least 4 members (excludes halogenated alkanes) is 1. The van der Waals surface area contributed by atoms with Crippen molar-refractivity contribution in [3.05, 3.63) is 71.3 Å². The Kier molecular flexibility index (Phi) is 7.31. The van der Waals surface area contributed by atoms with E-state index in [1.807, 2.05) is 6.07 Å². The molecule has 2 aromatic carbocycles. The maximum atomic E-state index is 12.3. The quantitative estimate of drug-likeness (QED) is 0.462. The number of amides is 2. The molecule has 1 heterocycles. The molecule has 0 atom stereocenters. The Bertz CT molecular complexity index is 759. The van der Waals surface area contributed by atoms with Gasteiger partial charge in [-0.3, -0.25) is 14.5 Å². The number of carbonyl (C=O) groups is 2. The molecule has 28 heavy (non-hydrogen) atoms. The average molecular weight is 380 g/mol. The number of hydrazine groups is 1. The number of fused-ring (bicyclic) bond motifs is 1. The summed E-state index contributed by atoms with van der Waals surface area (Å²) in [5.41, 5.74) is 10.9. The first-order valence-electron chi connectivity index (χ1n) is 9.88. The summed E-state index contributed by atoms with van der Waals surface area (Å²) in [4.78, 5) is 27.1. The number of nitrogens with zero attached hydrogens (tertiary/aromatic N) is 2. The number of rotatable bonds is 11. The van der Waals surface area contributed by atoms with Crippen LogP contribution < -0.4 is 11.2 Å². The van der Waals surface area contributed by atoms with Crippen LogP contribution >= 0.6 is 0 Å². The molecule has 3 N–H and O–H groups in total. The van der Waals surface area contributed by atoms with E-state index in [0.29, 0.717) is 24.2 Å². The Labute approximate surface area is 166 Å². The van der Waals surface area contributed by atoms with Gasteiger partial charge in [-0.15, -0.1) is 0 Å². The predicted octanol–water partition coefficient (Wildman–Crippen LogP) is 2.42. The molecule has 1 aliphatic heterocycles. The van der Waals surface area contributed by atoms with Crippen molar-refractivity contribution in [1.82, 2.24) is 15.3 Å². The minimum Gasteiger partial charge on any atom is -0.330 e. The summed E-state index contributed by atoms with van der Waals surface area (Å²) in [6.07, 6.45) is 2.83. The van der Waals surface area contributed by atoms with Gasteiger partial charge in [0.2, 0.25) is 0 Å². The smallest absolute Gasteiger partial charge is 0.276 e. The van der Waals surface area contributed by atoms with E-state index >= 15 is 0 Å². The monoisotopic (exact) mass is 380 g/mol. The van der Waals surface area contributed by atoms with Gasteiger partial charge in [-0.05, 0) is 56.6 Å². The van der Waals surface area contributed by atoms with E-state index in [1.54, 1.807) is 24.3 Å². The lowest BCUT2D eigenvalue weighted by Gasteiger charge is -2.22. The van der Waals surface area contributed by atoms with Crippen molar-refractivity contribution in [1.29, 1.82) is 0 Å². The Balaban J connectivity index is 1.43. The Morgan fingerprint density at radius 2 is 1.43 bits per heavy atom. The zero-order valence-electron chi connectivity index (χ0n) is 16.1. The zero-order valence-corrected chi connectivity index (χ0v) is 16.1. The first-order chi connectivity index (χ1) is 13.7. The van der Waals surface area contributed by atoms with Gasteiger partial charge >= 0.3 is 0 Å². The van der Waals surface area contributed by atoms with Crippen molar-refractivity contribution < 1.29 is 9.59 Å². The second-order valence-corrected chi connectivity index (χ2v) is 7.01. The van der Waals surface area contributed by atoms with E-state index < -0.39 is 0 Å². The summed E-state index contributed by atoms with van der Waals surface area (Å²) in [5.74, 6) is -0.538. The first-order valence-corrected chi connectivity index (χ1v) is 9.88. The van der Waals surface area contributed by atoms with E-state index in [2.05, 4.69) is 34.6 Å². The predicted molar refractivity (Wildman–Crippen MR) is 110 cm³/mol. The molecule has 0 radical (unpaired) electrons. The van der Waals surface area contributed by atoms with Crippen molar-refractivity contribution in [3.63, 3.8) is 0 Å². The molecule has 2 amide bonds. The summed E-state index contributed by atoms with van der Waals surface area (Å²) in [7, 11) is 0. The van der Waals surface area contributed by atoms with Crippen LogP contribution in [0, 0.1) is 0 Å². The number of hydrogen-bond acceptors (Lipinski definition) is 5. The Morgan fingerprint density at radius 1 is 0.821 bits per heavy atom. The molecule has 3 rings (SSSR count). The highest BCUT2D eigenvalue weighted by Crippen LogP contribution is 2.20. The third kappa shape index (κ3) is 5.04. The molecule has 0 bridgehead atoms. The highest BCUT2D eigenvalue weighted by atomic mass is 16.2. The van der Waals surface area contributed by atoms with Crippen LogP contribution in [0.1, 0.15) is 45.5 Å². The SMILES string of the molecule is NCCCN(CCCCNN1C(=O)c2ccccc2C1=O)Cc1ccccc1. The number of benzene rings is 2. The van der Waals surface area contributed by atoms with Crippen molar-refractivity contribution >= 4 is 11.8 Å². The number of nitrogens with one attached hydrogen (secondary N) is 1. The fraction of sp³-hybridized carbons (Fsp3) is 0.364. The molecule has 0 spiro atoms. The summed E-state index contributed by atoms with van der Waals surface area (Å²) < 4.78 is 0. The molecule has 0 saturated heterocycles. The van der Waals surface area contributed by atoms with E-state index in [4.69, 9.17) is 5.73 Å². The van der Waals surface area contributed by atoms with Crippen LogP contribution in [-0.2, 0) is 6.54 Å². The van der Waals surface area contributed by atoms with Gasteiger partial charge in [-0.2, -0.15) is 0 Å². The topological polar surface area (TPSA) is 78.7 Å². The van der Waals surface area contributed by atoms with Gasteiger partial charge in [0.1, 0.15) is 0 Å². The molecule has 0 aromatic heterocycles. The minimum absolute atomic E-state index is 0.269. The molecule has 1 aliphatic rings. The number of carbonyl (C=O) groups excluding carboxylic acids is 2. The largest absolute Gasteiger partial charge is 0.330 e. The third-order valence-electron chi connectivity index (χ3n) is 4.89. The fourth-order valence-corrected chi connectivity index (χ4v) is 3.41. The van der Waals surface area contributed by atoms with Gasteiger partial charge in [-0.25, -0.2) is 10.4 Å². The Hall–Kier alpha value is -2.54. The van der Waals surface area contributed by atoms with Crippen molar-refractivity contribution in [2.45, 2.75) is 25.8 Å². The number of nitrogens with two attached hydrogens (primary N) is 1.